The fourth-order valence-electron chi connectivity index (χ4n) is 4.92. The number of carbonyl (C=O) groups is 2. The van der Waals surface area contributed by atoms with Gasteiger partial charge in [-0.25, -0.2) is 0 Å². The molecule has 0 aromatic rings. The van der Waals surface area contributed by atoms with Crippen molar-refractivity contribution in [1.29, 1.82) is 0 Å². The van der Waals surface area contributed by atoms with Crippen LogP contribution in [0.25, 0.3) is 0 Å². The Morgan fingerprint density at radius 3 is 2.42 bits per heavy atom. The average Bonchev–Trinajstić information content (AvgIpc) is 2.48. The van der Waals surface area contributed by atoms with Gasteiger partial charge in [-0.2, -0.15) is 0 Å². The minimum absolute atomic E-state index is 0.0245. The highest BCUT2D eigenvalue weighted by Crippen LogP contribution is 2.66. The molecule has 4 heteroatoms. The van der Waals surface area contributed by atoms with Crippen molar-refractivity contribution in [3.8, 4) is 0 Å². The number of carboxylic acids is 2. The summed E-state index contributed by atoms with van der Waals surface area (Å²) in [5.41, 5.74) is -0.764. The first-order valence-electron chi connectivity index (χ1n) is 7.17. The Hall–Kier alpha value is -1.06. The van der Waals surface area contributed by atoms with E-state index in [0.29, 0.717) is 24.7 Å². The van der Waals surface area contributed by atoms with Gasteiger partial charge in [0.15, 0.2) is 0 Å². The van der Waals surface area contributed by atoms with E-state index in [2.05, 4.69) is 20.8 Å². The second-order valence-electron chi connectivity index (χ2n) is 7.09. The lowest BCUT2D eigenvalue weighted by molar-refractivity contribution is -0.155. The van der Waals surface area contributed by atoms with Crippen LogP contribution in [0.2, 0.25) is 0 Å². The first-order valence-corrected chi connectivity index (χ1v) is 7.17. The van der Waals surface area contributed by atoms with Crippen LogP contribution in [-0.2, 0) is 9.59 Å². The molecule has 0 unspecified atom stereocenters. The zero-order valence-corrected chi connectivity index (χ0v) is 12.0. The number of carboxylic acid groups (broad SMARTS) is 2. The molecule has 19 heavy (non-hydrogen) atoms. The molecule has 2 bridgehead atoms. The summed E-state index contributed by atoms with van der Waals surface area (Å²) < 4.78 is 0. The molecule has 2 rings (SSSR count). The lowest BCUT2D eigenvalue weighted by Crippen LogP contribution is -2.39. The van der Waals surface area contributed by atoms with E-state index < -0.39 is 17.4 Å². The molecule has 0 aromatic heterocycles. The quantitative estimate of drug-likeness (QED) is 0.822. The molecule has 2 fully saturated rings. The molecule has 108 valence electrons. The molecule has 4 nitrogen and oxygen atoms in total. The lowest BCUT2D eigenvalue weighted by atomic mass is 9.67. The maximum atomic E-state index is 11.8. The van der Waals surface area contributed by atoms with E-state index in [1.807, 2.05) is 0 Å². The Labute approximate surface area is 114 Å². The largest absolute Gasteiger partial charge is 0.481 e. The van der Waals surface area contributed by atoms with E-state index in [9.17, 15) is 14.7 Å². The normalized spacial score (nSPS) is 40.1. The van der Waals surface area contributed by atoms with E-state index in [1.54, 1.807) is 0 Å². The summed E-state index contributed by atoms with van der Waals surface area (Å²) in [5, 5.41) is 18.6. The van der Waals surface area contributed by atoms with Gasteiger partial charge in [0.1, 0.15) is 0 Å². The van der Waals surface area contributed by atoms with Crippen LogP contribution < -0.4 is 0 Å². The average molecular weight is 268 g/mol. The summed E-state index contributed by atoms with van der Waals surface area (Å²) in [4.78, 5) is 22.7. The first-order chi connectivity index (χ1) is 8.71. The maximum Gasteiger partial charge on any atom is 0.309 e. The first kappa shape index (κ1) is 14.4. The number of fused-ring (bicyclic) bond motifs is 2. The van der Waals surface area contributed by atoms with Crippen LogP contribution >= 0.6 is 0 Å². The Kier molecular flexibility index (Phi) is 3.40. The van der Waals surface area contributed by atoms with Gasteiger partial charge in [-0.1, -0.05) is 20.8 Å². The van der Waals surface area contributed by atoms with Gasteiger partial charge in [-0.05, 0) is 48.9 Å². The Morgan fingerprint density at radius 2 is 1.89 bits per heavy atom. The van der Waals surface area contributed by atoms with Crippen molar-refractivity contribution < 1.29 is 19.8 Å². The van der Waals surface area contributed by atoms with E-state index in [-0.39, 0.29) is 17.8 Å². The summed E-state index contributed by atoms with van der Waals surface area (Å²) in [5.74, 6) is -0.631. The van der Waals surface area contributed by atoms with Crippen molar-refractivity contribution in [3.63, 3.8) is 0 Å². The SMILES string of the molecule is C[C@H]1CC[C@@]2(C(=O)O)C[C@@H]1C(C)(C)[C@@H]2CCC(=O)O. The van der Waals surface area contributed by atoms with E-state index in [4.69, 9.17) is 5.11 Å². The summed E-state index contributed by atoms with van der Waals surface area (Å²) in [7, 11) is 0. The summed E-state index contributed by atoms with van der Waals surface area (Å²) >= 11 is 0. The van der Waals surface area contributed by atoms with Crippen molar-refractivity contribution in [2.75, 3.05) is 0 Å². The standard InChI is InChI=1S/C15H24O4/c1-9-6-7-15(13(18)19)8-10(9)14(2,3)11(15)4-5-12(16)17/h9-11H,4-8H2,1-3H3,(H,16,17)(H,18,19)/t9-,10-,11-,15+/m0/s1. The molecule has 2 N–H and O–H groups in total. The predicted octanol–water partition coefficient (Wildman–Crippen LogP) is 3.01. The monoisotopic (exact) mass is 268 g/mol. The number of hydrogen-bond donors (Lipinski definition) is 2. The molecule has 0 amide bonds. The zero-order chi connectivity index (χ0) is 14.4. The molecule has 4 atom stereocenters. The molecule has 2 aliphatic carbocycles. The van der Waals surface area contributed by atoms with Crippen LogP contribution in [0.3, 0.4) is 0 Å². The topological polar surface area (TPSA) is 74.6 Å². The number of rotatable bonds is 4. The van der Waals surface area contributed by atoms with Gasteiger partial charge < -0.3 is 10.2 Å². The van der Waals surface area contributed by atoms with Crippen LogP contribution in [0.15, 0.2) is 0 Å². The third-order valence-electron chi connectivity index (χ3n) is 5.91. The molecule has 2 saturated carbocycles. The minimum Gasteiger partial charge on any atom is -0.481 e. The molecule has 0 heterocycles. The van der Waals surface area contributed by atoms with Crippen LogP contribution in [0.4, 0.5) is 0 Å². The van der Waals surface area contributed by atoms with E-state index >= 15 is 0 Å². The third kappa shape index (κ3) is 2.05. The lowest BCUT2D eigenvalue weighted by Gasteiger charge is -2.36. The van der Waals surface area contributed by atoms with Gasteiger partial charge >= 0.3 is 11.9 Å². The minimum atomic E-state index is -0.828. The van der Waals surface area contributed by atoms with Crippen molar-refractivity contribution in [1.82, 2.24) is 0 Å². The van der Waals surface area contributed by atoms with Gasteiger partial charge in [0, 0.05) is 6.42 Å². The number of hydrogen-bond acceptors (Lipinski definition) is 2. The second-order valence-corrected chi connectivity index (χ2v) is 7.09. The van der Waals surface area contributed by atoms with Gasteiger partial charge in [0.25, 0.3) is 0 Å². The Balaban J connectivity index is 2.35. The number of aliphatic carboxylic acids is 2. The van der Waals surface area contributed by atoms with Crippen LogP contribution in [0.5, 0.6) is 0 Å². The van der Waals surface area contributed by atoms with Crippen molar-refractivity contribution in [2.45, 2.75) is 52.9 Å². The molecule has 0 radical (unpaired) electrons. The molecular formula is C15H24O4. The van der Waals surface area contributed by atoms with E-state index in [0.717, 1.165) is 12.8 Å². The van der Waals surface area contributed by atoms with Gasteiger partial charge in [-0.15, -0.1) is 0 Å². The molecule has 0 spiro atoms. The Bertz CT molecular complexity index is 401. The van der Waals surface area contributed by atoms with Crippen molar-refractivity contribution in [2.24, 2.45) is 28.6 Å². The fourth-order valence-corrected chi connectivity index (χ4v) is 4.92. The predicted molar refractivity (Wildman–Crippen MR) is 70.7 cm³/mol. The highest BCUT2D eigenvalue weighted by molar-refractivity contribution is 5.76. The maximum absolute atomic E-state index is 11.8. The van der Waals surface area contributed by atoms with Crippen LogP contribution in [0.1, 0.15) is 52.9 Å². The van der Waals surface area contributed by atoms with Gasteiger partial charge in [0.05, 0.1) is 5.41 Å². The fraction of sp³-hybridized carbons (Fsp3) is 0.867. The van der Waals surface area contributed by atoms with Gasteiger partial charge in [-0.3, -0.25) is 9.59 Å². The Morgan fingerprint density at radius 1 is 1.26 bits per heavy atom. The van der Waals surface area contributed by atoms with E-state index in [1.165, 1.54) is 0 Å². The van der Waals surface area contributed by atoms with Gasteiger partial charge in [0.2, 0.25) is 0 Å². The summed E-state index contributed by atoms with van der Waals surface area (Å²) in [6, 6.07) is 0. The third-order valence-corrected chi connectivity index (χ3v) is 5.91. The zero-order valence-electron chi connectivity index (χ0n) is 12.0. The van der Waals surface area contributed by atoms with Crippen LogP contribution in [0, 0.1) is 28.6 Å². The summed E-state index contributed by atoms with van der Waals surface area (Å²) in [6.07, 6.45) is 2.93. The molecule has 0 saturated heterocycles. The molecule has 2 aliphatic rings. The van der Waals surface area contributed by atoms with Crippen molar-refractivity contribution >= 4 is 11.9 Å². The second kappa shape index (κ2) is 4.50. The molecular weight excluding hydrogens is 244 g/mol. The molecule has 0 aromatic carbocycles. The smallest absolute Gasteiger partial charge is 0.309 e. The highest BCUT2D eigenvalue weighted by atomic mass is 16.4. The van der Waals surface area contributed by atoms with Crippen molar-refractivity contribution in [3.05, 3.63) is 0 Å². The summed E-state index contributed by atoms with van der Waals surface area (Å²) in [6.45, 7) is 6.48. The van der Waals surface area contributed by atoms with Crippen LogP contribution in [-0.4, -0.2) is 22.2 Å². The highest BCUT2D eigenvalue weighted by Gasteiger charge is 2.64. The molecule has 0 aliphatic heterocycles.